The second-order valence-corrected chi connectivity index (χ2v) is 1.64. The summed E-state index contributed by atoms with van der Waals surface area (Å²) in [5, 5.41) is 0. The minimum absolute atomic E-state index is 0.969. The molecule has 0 amide bonds. The second-order valence-electron chi connectivity index (χ2n) is 1.64. The molecule has 0 N–H and O–H groups in total. The standard InChI is InChI=1S/C8H7/c1-2-8-6-4-3-5-7-8/h1,4-7H,3H2. The third-order valence-corrected chi connectivity index (χ3v) is 1.03. The van der Waals surface area contributed by atoms with E-state index in [2.05, 4.69) is 18.4 Å². The number of hydrogen-bond donors (Lipinski definition) is 0. The monoisotopic (exact) mass is 103 g/mol. The summed E-state index contributed by atoms with van der Waals surface area (Å²) in [6.07, 6.45) is 14.2. The zero-order valence-corrected chi connectivity index (χ0v) is 4.59. The van der Waals surface area contributed by atoms with Crippen molar-refractivity contribution in [3.8, 4) is 12.3 Å². The smallest absolute Gasteiger partial charge is 0.0202 e. The van der Waals surface area contributed by atoms with E-state index in [1.807, 2.05) is 12.2 Å². The Hall–Kier alpha value is -0.960. The van der Waals surface area contributed by atoms with Crippen molar-refractivity contribution < 1.29 is 0 Å². The van der Waals surface area contributed by atoms with Crippen LogP contribution in [0.15, 0.2) is 23.8 Å². The van der Waals surface area contributed by atoms with E-state index in [-0.39, 0.29) is 0 Å². The molecule has 0 saturated heterocycles. The average molecular weight is 103 g/mol. The zero-order valence-electron chi connectivity index (χ0n) is 4.59. The predicted molar refractivity (Wildman–Crippen MR) is 35.0 cm³/mol. The molecule has 0 spiro atoms. The van der Waals surface area contributed by atoms with Gasteiger partial charge in [-0.3, -0.25) is 0 Å². The van der Waals surface area contributed by atoms with Crippen molar-refractivity contribution in [2.24, 2.45) is 0 Å². The quantitative estimate of drug-likeness (QED) is 0.409. The van der Waals surface area contributed by atoms with E-state index in [0.717, 1.165) is 12.0 Å². The molecule has 0 nitrogen and oxygen atoms in total. The van der Waals surface area contributed by atoms with Crippen LogP contribution < -0.4 is 0 Å². The van der Waals surface area contributed by atoms with E-state index in [9.17, 15) is 0 Å². The van der Waals surface area contributed by atoms with E-state index < -0.39 is 0 Å². The van der Waals surface area contributed by atoms with Gasteiger partial charge in [-0.2, -0.15) is 0 Å². The van der Waals surface area contributed by atoms with Crippen LogP contribution in [0.4, 0.5) is 0 Å². The van der Waals surface area contributed by atoms with Gasteiger partial charge in [0.25, 0.3) is 0 Å². The van der Waals surface area contributed by atoms with E-state index in [1.54, 1.807) is 0 Å². The summed E-state index contributed by atoms with van der Waals surface area (Å²) in [6.45, 7) is 0. The van der Waals surface area contributed by atoms with Crippen molar-refractivity contribution >= 4 is 0 Å². The van der Waals surface area contributed by atoms with Gasteiger partial charge >= 0.3 is 0 Å². The fourth-order valence-electron chi connectivity index (χ4n) is 0.620. The van der Waals surface area contributed by atoms with Crippen molar-refractivity contribution in [3.05, 3.63) is 30.2 Å². The maximum Gasteiger partial charge on any atom is 0.0202 e. The van der Waals surface area contributed by atoms with E-state index in [4.69, 9.17) is 6.42 Å². The molecule has 0 heteroatoms. The molecule has 0 unspecified atom stereocenters. The van der Waals surface area contributed by atoms with Crippen molar-refractivity contribution in [2.45, 2.75) is 6.42 Å². The Morgan fingerprint density at radius 2 is 2.50 bits per heavy atom. The van der Waals surface area contributed by atoms with Crippen LogP contribution in [0.25, 0.3) is 0 Å². The SMILES string of the molecule is C#CC1=C[CH]CC=C1. The molecule has 0 aromatic carbocycles. The fourth-order valence-corrected chi connectivity index (χ4v) is 0.620. The largest absolute Gasteiger partial charge is 0.115 e. The van der Waals surface area contributed by atoms with E-state index in [1.165, 1.54) is 0 Å². The summed E-state index contributed by atoms with van der Waals surface area (Å²) >= 11 is 0. The molecule has 0 saturated carbocycles. The molecular formula is C8H7. The number of rotatable bonds is 0. The van der Waals surface area contributed by atoms with Gasteiger partial charge in [-0.1, -0.05) is 24.1 Å². The third kappa shape index (κ3) is 1.01. The number of hydrogen-bond acceptors (Lipinski definition) is 0. The molecule has 0 aromatic heterocycles. The first kappa shape index (κ1) is 5.18. The summed E-state index contributed by atoms with van der Waals surface area (Å²) < 4.78 is 0. The highest BCUT2D eigenvalue weighted by molar-refractivity contribution is 5.40. The molecule has 0 bridgehead atoms. The molecule has 0 aliphatic heterocycles. The maximum absolute atomic E-state index is 5.11. The molecule has 0 atom stereocenters. The van der Waals surface area contributed by atoms with Crippen LogP contribution >= 0.6 is 0 Å². The van der Waals surface area contributed by atoms with Crippen molar-refractivity contribution in [1.82, 2.24) is 0 Å². The molecule has 8 heavy (non-hydrogen) atoms. The maximum atomic E-state index is 5.11. The summed E-state index contributed by atoms with van der Waals surface area (Å²) in [5.74, 6) is 2.55. The van der Waals surface area contributed by atoms with Gasteiger partial charge in [0.2, 0.25) is 0 Å². The molecule has 0 heterocycles. The van der Waals surface area contributed by atoms with Gasteiger partial charge in [0.1, 0.15) is 0 Å². The highest BCUT2D eigenvalue weighted by Crippen LogP contribution is 2.06. The van der Waals surface area contributed by atoms with Crippen LogP contribution in [0.1, 0.15) is 6.42 Å². The molecule has 0 fully saturated rings. The average Bonchev–Trinajstić information content (AvgIpc) is 1.90. The topological polar surface area (TPSA) is 0 Å². The first-order valence-electron chi connectivity index (χ1n) is 2.60. The van der Waals surface area contributed by atoms with Crippen LogP contribution in [-0.4, -0.2) is 0 Å². The molecule has 1 rings (SSSR count). The summed E-state index contributed by atoms with van der Waals surface area (Å²) in [6, 6.07) is 0. The van der Waals surface area contributed by atoms with Gasteiger partial charge in [-0.15, -0.1) is 6.42 Å². The van der Waals surface area contributed by atoms with Crippen LogP contribution in [0.2, 0.25) is 0 Å². The lowest BCUT2D eigenvalue weighted by atomic mass is 10.1. The fraction of sp³-hybridized carbons (Fsp3) is 0.125. The van der Waals surface area contributed by atoms with Crippen LogP contribution in [0.5, 0.6) is 0 Å². The Bertz CT molecular complexity index is 165. The molecule has 1 radical (unpaired) electrons. The van der Waals surface area contributed by atoms with Gasteiger partial charge < -0.3 is 0 Å². The molecule has 39 valence electrons. The van der Waals surface area contributed by atoms with Crippen LogP contribution in [0, 0.1) is 18.8 Å². The summed E-state index contributed by atoms with van der Waals surface area (Å²) in [4.78, 5) is 0. The Kier molecular flexibility index (Phi) is 1.54. The van der Waals surface area contributed by atoms with Gasteiger partial charge in [0, 0.05) is 5.57 Å². The van der Waals surface area contributed by atoms with Gasteiger partial charge in [0.05, 0.1) is 0 Å². The van der Waals surface area contributed by atoms with Crippen LogP contribution in [0.3, 0.4) is 0 Å². The van der Waals surface area contributed by atoms with E-state index >= 15 is 0 Å². The lowest BCUT2D eigenvalue weighted by Gasteiger charge is -1.95. The first-order chi connectivity index (χ1) is 3.93. The van der Waals surface area contributed by atoms with Gasteiger partial charge in [-0.25, -0.2) is 0 Å². The first-order valence-corrected chi connectivity index (χ1v) is 2.60. The lowest BCUT2D eigenvalue weighted by Crippen LogP contribution is -1.79. The summed E-state index contributed by atoms with van der Waals surface area (Å²) in [5.41, 5.74) is 0.969. The summed E-state index contributed by atoms with van der Waals surface area (Å²) in [7, 11) is 0. The minimum atomic E-state index is 0.969. The Morgan fingerprint density at radius 1 is 1.62 bits per heavy atom. The van der Waals surface area contributed by atoms with Crippen molar-refractivity contribution in [2.75, 3.05) is 0 Å². The lowest BCUT2D eigenvalue weighted by molar-refractivity contribution is 1.25. The third-order valence-electron chi connectivity index (χ3n) is 1.03. The van der Waals surface area contributed by atoms with Gasteiger partial charge in [-0.05, 0) is 12.8 Å². The Labute approximate surface area is 49.9 Å². The Morgan fingerprint density at radius 3 is 2.88 bits per heavy atom. The highest BCUT2D eigenvalue weighted by Gasteiger charge is 1.89. The van der Waals surface area contributed by atoms with Crippen molar-refractivity contribution in [1.29, 1.82) is 0 Å². The second kappa shape index (κ2) is 2.37. The number of terminal acetylenes is 1. The Balaban J connectivity index is 2.68. The normalized spacial score (nSPS) is 17.1. The van der Waals surface area contributed by atoms with Crippen LogP contribution in [-0.2, 0) is 0 Å². The number of allylic oxidation sites excluding steroid dienone is 4. The van der Waals surface area contributed by atoms with Crippen molar-refractivity contribution in [3.63, 3.8) is 0 Å². The zero-order chi connectivity index (χ0) is 5.82. The molecular weight excluding hydrogens is 96.1 g/mol. The molecule has 1 aliphatic rings. The van der Waals surface area contributed by atoms with E-state index in [0.29, 0.717) is 0 Å². The predicted octanol–water partition coefficient (Wildman–Crippen LogP) is 1.71. The molecule has 1 aliphatic carbocycles. The molecule has 0 aromatic rings. The van der Waals surface area contributed by atoms with Gasteiger partial charge in [0.15, 0.2) is 0 Å². The minimum Gasteiger partial charge on any atom is -0.115 e. The highest BCUT2D eigenvalue weighted by atomic mass is 13.9.